The number of amides is 2. The van der Waals surface area contributed by atoms with Crippen molar-refractivity contribution in [3.63, 3.8) is 0 Å². The highest BCUT2D eigenvalue weighted by atomic mass is 32.2. The summed E-state index contributed by atoms with van der Waals surface area (Å²) in [6.07, 6.45) is 3.15. The van der Waals surface area contributed by atoms with Gasteiger partial charge in [-0.2, -0.15) is 0 Å². The molecule has 0 bridgehead atoms. The molecule has 0 radical (unpaired) electrons. The molecule has 2 aliphatic rings. The Morgan fingerprint density at radius 2 is 1.40 bits per heavy atom. The van der Waals surface area contributed by atoms with Crippen molar-refractivity contribution < 1.29 is 18.0 Å². The number of hydrogen-bond acceptors (Lipinski definition) is 4. The van der Waals surface area contributed by atoms with Gasteiger partial charge < -0.3 is 9.80 Å². The Morgan fingerprint density at radius 3 is 1.92 bits per heavy atom. The number of nitrogens with zero attached hydrogens (tertiary/aromatic N) is 3. The number of carbonyl (C=O) groups is 2. The van der Waals surface area contributed by atoms with E-state index in [1.54, 1.807) is 0 Å². The Kier molecular flexibility index (Phi) is 6.14. The Morgan fingerprint density at radius 1 is 0.880 bits per heavy atom. The second-order valence-electron chi connectivity index (χ2n) is 8.16. The summed E-state index contributed by atoms with van der Waals surface area (Å²) in [5.74, 6) is 0.129. The predicted octanol–water partition coefficient (Wildman–Crippen LogP) is 0.765. The molecule has 0 atom stereocenters. The molecule has 0 spiro atoms. The van der Waals surface area contributed by atoms with Gasteiger partial charge in [0, 0.05) is 50.6 Å². The molecule has 2 heterocycles. The molecule has 2 saturated heterocycles. The van der Waals surface area contributed by atoms with E-state index in [1.807, 2.05) is 30.6 Å². The Labute approximate surface area is 151 Å². The lowest BCUT2D eigenvalue weighted by Gasteiger charge is -2.33. The van der Waals surface area contributed by atoms with Gasteiger partial charge in [-0.15, -0.1) is 0 Å². The summed E-state index contributed by atoms with van der Waals surface area (Å²) in [7, 11) is -3.17. The van der Waals surface area contributed by atoms with Crippen LogP contribution in [-0.2, 0) is 19.6 Å². The normalized spacial score (nSPS) is 21.9. The molecule has 0 aromatic heterocycles. The third kappa shape index (κ3) is 5.17. The van der Waals surface area contributed by atoms with Crippen LogP contribution in [0.2, 0.25) is 0 Å². The molecule has 0 aromatic carbocycles. The van der Waals surface area contributed by atoms with Gasteiger partial charge in [-0.05, 0) is 19.3 Å². The second-order valence-corrected chi connectivity index (χ2v) is 10.1. The van der Waals surface area contributed by atoms with Gasteiger partial charge in [0.2, 0.25) is 21.8 Å². The van der Waals surface area contributed by atoms with E-state index in [2.05, 4.69) is 0 Å². The van der Waals surface area contributed by atoms with Gasteiger partial charge in [0.05, 0.1) is 6.26 Å². The van der Waals surface area contributed by atoms with E-state index >= 15 is 0 Å². The number of rotatable bonds is 2. The van der Waals surface area contributed by atoms with Crippen molar-refractivity contribution in [2.45, 2.75) is 40.0 Å². The number of piperidine rings is 1. The fraction of sp³-hybridized carbons (Fsp3) is 0.882. The average molecular weight is 374 g/mol. The van der Waals surface area contributed by atoms with E-state index in [4.69, 9.17) is 0 Å². The van der Waals surface area contributed by atoms with Crippen LogP contribution in [0.15, 0.2) is 0 Å². The van der Waals surface area contributed by atoms with Crippen molar-refractivity contribution in [1.82, 2.24) is 14.1 Å². The highest BCUT2D eigenvalue weighted by molar-refractivity contribution is 7.88. The topological polar surface area (TPSA) is 78.0 Å². The maximum Gasteiger partial charge on any atom is 0.228 e. The number of hydrogen-bond donors (Lipinski definition) is 0. The van der Waals surface area contributed by atoms with Crippen molar-refractivity contribution in [2.24, 2.45) is 11.3 Å². The maximum absolute atomic E-state index is 12.8. The van der Waals surface area contributed by atoms with E-state index in [9.17, 15) is 18.0 Å². The summed E-state index contributed by atoms with van der Waals surface area (Å²) in [5, 5.41) is 0. The summed E-state index contributed by atoms with van der Waals surface area (Å²) in [5.41, 5.74) is -0.405. The number of sulfonamides is 1. The molecule has 144 valence electrons. The average Bonchev–Trinajstić information content (AvgIpc) is 2.77. The van der Waals surface area contributed by atoms with Gasteiger partial charge in [-0.1, -0.05) is 20.8 Å². The van der Waals surface area contributed by atoms with Crippen molar-refractivity contribution in [2.75, 3.05) is 45.5 Å². The Balaban J connectivity index is 1.90. The molecule has 25 heavy (non-hydrogen) atoms. The Bertz CT molecular complexity index is 604. The monoisotopic (exact) mass is 373 g/mol. The summed E-state index contributed by atoms with van der Waals surface area (Å²) >= 11 is 0. The zero-order chi connectivity index (χ0) is 18.8. The first-order valence-electron chi connectivity index (χ1n) is 9.03. The van der Waals surface area contributed by atoms with Crippen LogP contribution in [-0.4, -0.2) is 79.9 Å². The van der Waals surface area contributed by atoms with Gasteiger partial charge in [0.25, 0.3) is 0 Å². The quantitative estimate of drug-likeness (QED) is 0.716. The molecule has 2 rings (SSSR count). The first kappa shape index (κ1) is 20.2. The van der Waals surface area contributed by atoms with Gasteiger partial charge in [0.1, 0.15) is 0 Å². The first-order chi connectivity index (χ1) is 11.5. The van der Waals surface area contributed by atoms with Gasteiger partial charge >= 0.3 is 0 Å². The van der Waals surface area contributed by atoms with E-state index < -0.39 is 15.4 Å². The lowest BCUT2D eigenvalue weighted by molar-refractivity contribution is -0.140. The highest BCUT2D eigenvalue weighted by Crippen LogP contribution is 2.23. The smallest absolute Gasteiger partial charge is 0.228 e. The van der Waals surface area contributed by atoms with Crippen LogP contribution >= 0.6 is 0 Å². The van der Waals surface area contributed by atoms with Crippen LogP contribution in [0.5, 0.6) is 0 Å². The molecule has 7 nitrogen and oxygen atoms in total. The third-order valence-corrected chi connectivity index (χ3v) is 6.31. The van der Waals surface area contributed by atoms with Crippen LogP contribution in [0.25, 0.3) is 0 Å². The SMILES string of the molecule is CC(C)(C)C(=O)N1CCCN(C(=O)C2CCN(S(C)(=O)=O)CC2)CC1. The molecule has 2 amide bonds. The highest BCUT2D eigenvalue weighted by Gasteiger charge is 2.33. The molecular weight excluding hydrogens is 342 g/mol. The lowest BCUT2D eigenvalue weighted by Crippen LogP contribution is -2.45. The summed E-state index contributed by atoms with van der Waals surface area (Å²) < 4.78 is 24.6. The van der Waals surface area contributed by atoms with E-state index in [0.717, 1.165) is 6.42 Å². The number of carbonyl (C=O) groups excluding carboxylic acids is 2. The minimum Gasteiger partial charge on any atom is -0.341 e. The fourth-order valence-electron chi connectivity index (χ4n) is 3.51. The zero-order valence-corrected chi connectivity index (χ0v) is 16.6. The fourth-order valence-corrected chi connectivity index (χ4v) is 4.38. The van der Waals surface area contributed by atoms with E-state index in [1.165, 1.54) is 10.6 Å². The minimum absolute atomic E-state index is 0.108. The molecule has 2 aliphatic heterocycles. The summed E-state index contributed by atoms with van der Waals surface area (Å²) in [4.78, 5) is 28.9. The van der Waals surface area contributed by atoms with Crippen LogP contribution < -0.4 is 0 Å². The van der Waals surface area contributed by atoms with Gasteiger partial charge in [-0.25, -0.2) is 12.7 Å². The first-order valence-corrected chi connectivity index (χ1v) is 10.9. The largest absolute Gasteiger partial charge is 0.341 e. The molecule has 0 aliphatic carbocycles. The van der Waals surface area contributed by atoms with E-state index in [-0.39, 0.29) is 17.7 Å². The molecule has 0 unspecified atom stereocenters. The van der Waals surface area contributed by atoms with Gasteiger partial charge in [0.15, 0.2) is 0 Å². The minimum atomic E-state index is -3.17. The zero-order valence-electron chi connectivity index (χ0n) is 15.8. The van der Waals surface area contributed by atoms with Crippen LogP contribution in [0.4, 0.5) is 0 Å². The van der Waals surface area contributed by atoms with Crippen molar-refractivity contribution in [3.05, 3.63) is 0 Å². The molecule has 0 N–H and O–H groups in total. The third-order valence-electron chi connectivity index (χ3n) is 5.01. The standard InChI is InChI=1S/C17H31N3O4S/c1-17(2,3)16(22)19-9-5-8-18(12-13-19)15(21)14-6-10-20(11-7-14)25(4,23)24/h14H,5-13H2,1-4H3. The molecule has 0 aromatic rings. The van der Waals surface area contributed by atoms with Gasteiger partial charge in [-0.3, -0.25) is 9.59 Å². The molecule has 2 fully saturated rings. The second kappa shape index (κ2) is 7.61. The van der Waals surface area contributed by atoms with E-state index in [0.29, 0.717) is 52.1 Å². The molecular formula is C17H31N3O4S. The summed E-state index contributed by atoms with van der Waals surface area (Å²) in [6.45, 7) is 9.06. The van der Waals surface area contributed by atoms with Crippen LogP contribution in [0.1, 0.15) is 40.0 Å². The Hall–Kier alpha value is -1.15. The van der Waals surface area contributed by atoms with Crippen molar-refractivity contribution >= 4 is 21.8 Å². The molecule has 8 heteroatoms. The maximum atomic E-state index is 12.8. The predicted molar refractivity (Wildman–Crippen MR) is 96.4 cm³/mol. The van der Waals surface area contributed by atoms with Crippen molar-refractivity contribution in [3.8, 4) is 0 Å². The van der Waals surface area contributed by atoms with Crippen LogP contribution in [0, 0.1) is 11.3 Å². The molecule has 0 saturated carbocycles. The summed E-state index contributed by atoms with van der Waals surface area (Å²) in [6, 6.07) is 0. The lowest BCUT2D eigenvalue weighted by atomic mass is 9.94. The van der Waals surface area contributed by atoms with Crippen LogP contribution in [0.3, 0.4) is 0 Å². The van der Waals surface area contributed by atoms with Crippen molar-refractivity contribution in [1.29, 1.82) is 0 Å².